The van der Waals surface area contributed by atoms with Crippen molar-refractivity contribution in [2.45, 2.75) is 24.0 Å². The maximum atomic E-state index is 14.3. The molecule has 0 saturated heterocycles. The number of hydrogen-bond acceptors (Lipinski definition) is 9. The molecule has 2 aromatic carbocycles. The summed E-state index contributed by atoms with van der Waals surface area (Å²) < 4.78 is 49.4. The van der Waals surface area contributed by atoms with E-state index in [4.69, 9.17) is 20.7 Å². The third-order valence-electron chi connectivity index (χ3n) is 5.05. The average Bonchev–Trinajstić information content (AvgIpc) is 3.28. The lowest BCUT2D eigenvalue weighted by molar-refractivity contribution is 0.209. The van der Waals surface area contributed by atoms with E-state index in [1.807, 2.05) is 0 Å². The van der Waals surface area contributed by atoms with E-state index in [0.29, 0.717) is 11.3 Å². The number of benzene rings is 2. The molecule has 0 fully saturated rings. The zero-order valence-corrected chi connectivity index (χ0v) is 19.4. The molecule has 0 bridgehead atoms. The highest BCUT2D eigenvalue weighted by Crippen LogP contribution is 2.33. The van der Waals surface area contributed by atoms with Crippen molar-refractivity contribution >= 4 is 21.6 Å². The molecule has 2 heterocycles. The smallest absolute Gasteiger partial charge is 0.399 e. The molecule has 4 rings (SSSR count). The number of halogens is 1. The van der Waals surface area contributed by atoms with Gasteiger partial charge in [-0.2, -0.15) is 0 Å². The fourth-order valence-corrected chi connectivity index (χ4v) is 4.25. The Kier molecular flexibility index (Phi) is 6.22. The van der Waals surface area contributed by atoms with E-state index in [1.54, 1.807) is 26.0 Å². The number of nitrogens with zero attached hydrogens (tertiary/aromatic N) is 3. The summed E-state index contributed by atoms with van der Waals surface area (Å²) >= 11 is 0. The molecule has 180 valence electrons. The Bertz CT molecular complexity index is 1520. The highest BCUT2D eigenvalue weighted by molar-refractivity contribution is 7.92. The predicted octanol–water partition coefficient (Wildman–Crippen LogP) is 3.83. The van der Waals surface area contributed by atoms with Crippen molar-refractivity contribution in [3.8, 4) is 39.8 Å². The van der Waals surface area contributed by atoms with Crippen molar-refractivity contribution in [1.82, 2.24) is 15.1 Å². The quantitative estimate of drug-likeness (QED) is 0.377. The molecule has 4 N–H and O–H groups in total. The number of carbonyl (C=O) groups is 1. The number of carbonyl (C=O) groups excluding carboxylic acids is 1. The molecule has 0 saturated carbocycles. The summed E-state index contributed by atoms with van der Waals surface area (Å²) in [6.45, 7) is 3.20. The van der Waals surface area contributed by atoms with Crippen LogP contribution < -0.4 is 16.2 Å². The Labute approximate surface area is 199 Å². The van der Waals surface area contributed by atoms with Gasteiger partial charge in [0.1, 0.15) is 11.5 Å². The predicted molar refractivity (Wildman–Crippen MR) is 125 cm³/mol. The van der Waals surface area contributed by atoms with Crippen molar-refractivity contribution in [2.75, 3.05) is 5.73 Å². The number of hydrogen-bond donors (Lipinski definition) is 2. The first-order valence-electron chi connectivity index (χ1n) is 10.3. The van der Waals surface area contributed by atoms with E-state index < -0.39 is 27.0 Å². The molecule has 0 atom stereocenters. The van der Waals surface area contributed by atoms with Crippen LogP contribution in [0.15, 0.2) is 64.1 Å². The molecule has 4 aromatic rings. The van der Waals surface area contributed by atoms with Crippen molar-refractivity contribution in [1.29, 1.82) is 0 Å². The van der Waals surface area contributed by atoms with Crippen molar-refractivity contribution in [3.05, 3.63) is 60.5 Å². The number of sulfone groups is 1. The van der Waals surface area contributed by atoms with E-state index in [9.17, 15) is 17.6 Å². The minimum Gasteiger partial charge on any atom is -0.399 e. The van der Waals surface area contributed by atoms with Crippen LogP contribution in [0.5, 0.6) is 5.88 Å². The summed E-state index contributed by atoms with van der Waals surface area (Å²) in [5.41, 5.74) is 12.1. The van der Waals surface area contributed by atoms with Gasteiger partial charge in [0.05, 0.1) is 22.0 Å². The summed E-state index contributed by atoms with van der Waals surface area (Å²) in [6, 6.07) is 11.6. The van der Waals surface area contributed by atoms with Gasteiger partial charge >= 0.3 is 6.09 Å². The molecule has 2 aromatic heterocycles. The summed E-state index contributed by atoms with van der Waals surface area (Å²) in [5.74, 6) is -0.823. The van der Waals surface area contributed by atoms with Gasteiger partial charge in [0.15, 0.2) is 21.3 Å². The van der Waals surface area contributed by atoms with Gasteiger partial charge < -0.3 is 20.7 Å². The number of primary amides is 1. The van der Waals surface area contributed by atoms with Gasteiger partial charge in [-0.3, -0.25) is 0 Å². The molecule has 0 aliphatic rings. The van der Waals surface area contributed by atoms with Crippen molar-refractivity contribution < 1.29 is 26.9 Å². The second kappa shape index (κ2) is 9.14. The van der Waals surface area contributed by atoms with Gasteiger partial charge in [-0.25, -0.2) is 27.6 Å². The first kappa shape index (κ1) is 23.8. The standard InChI is InChI=1S/C23H20FN5O5S/c1-12(2)35(31,32)15-6-3-13(4-7-15)19-11-27-22(33-23(26)30)21(28-19)20-10-18(29-34-20)16-8-5-14(25)9-17(16)24/h3-12H,25H2,1-2H3,(H2,26,30). The number of rotatable bonds is 6. The fraction of sp³-hybridized carbons (Fsp3) is 0.130. The van der Waals surface area contributed by atoms with Gasteiger partial charge in [0.2, 0.25) is 0 Å². The normalized spacial score (nSPS) is 11.5. The lowest BCUT2D eigenvalue weighted by Gasteiger charge is -2.09. The van der Waals surface area contributed by atoms with Crippen LogP contribution in [0.2, 0.25) is 0 Å². The van der Waals surface area contributed by atoms with Crippen LogP contribution in [-0.4, -0.2) is 34.9 Å². The van der Waals surface area contributed by atoms with Gasteiger partial charge in [0, 0.05) is 22.9 Å². The van der Waals surface area contributed by atoms with E-state index in [2.05, 4.69) is 15.1 Å². The number of ether oxygens (including phenoxy) is 1. The number of nitrogens with two attached hydrogens (primary N) is 2. The number of nitrogen functional groups attached to an aromatic ring is 1. The molecular weight excluding hydrogens is 477 g/mol. The summed E-state index contributed by atoms with van der Waals surface area (Å²) in [6.07, 6.45) is 0.200. The molecule has 1 amide bonds. The highest BCUT2D eigenvalue weighted by atomic mass is 32.2. The zero-order chi connectivity index (χ0) is 25.3. The maximum Gasteiger partial charge on any atom is 0.411 e. The first-order valence-corrected chi connectivity index (χ1v) is 11.8. The molecule has 12 heteroatoms. The maximum absolute atomic E-state index is 14.3. The van der Waals surface area contributed by atoms with E-state index >= 15 is 0 Å². The topological polar surface area (TPSA) is 164 Å². The van der Waals surface area contributed by atoms with Crippen LogP contribution in [0.1, 0.15) is 13.8 Å². The van der Waals surface area contributed by atoms with Crippen LogP contribution >= 0.6 is 0 Å². The van der Waals surface area contributed by atoms with Gasteiger partial charge in [-0.15, -0.1) is 0 Å². The first-order chi connectivity index (χ1) is 16.6. The minimum atomic E-state index is -3.45. The largest absolute Gasteiger partial charge is 0.411 e. The van der Waals surface area contributed by atoms with E-state index in [1.165, 1.54) is 36.5 Å². The molecule has 0 aliphatic carbocycles. The molecule has 0 radical (unpaired) electrons. The SMILES string of the molecule is CC(C)S(=O)(=O)c1ccc(-c2cnc(OC(N)=O)c(-c3cc(-c4ccc(N)cc4F)no3)n2)cc1. The number of aromatic nitrogens is 3. The molecule has 0 unspecified atom stereocenters. The summed E-state index contributed by atoms with van der Waals surface area (Å²) in [4.78, 5) is 20.1. The van der Waals surface area contributed by atoms with E-state index in [0.717, 1.165) is 6.07 Å². The van der Waals surface area contributed by atoms with Crippen molar-refractivity contribution in [2.24, 2.45) is 5.73 Å². The van der Waals surface area contributed by atoms with Gasteiger partial charge in [-0.1, -0.05) is 17.3 Å². The molecule has 35 heavy (non-hydrogen) atoms. The Morgan fingerprint density at radius 2 is 1.80 bits per heavy atom. The molecule has 0 spiro atoms. The Hall–Kier alpha value is -4.32. The Morgan fingerprint density at radius 1 is 1.09 bits per heavy atom. The number of anilines is 1. The highest BCUT2D eigenvalue weighted by Gasteiger charge is 2.22. The molecule has 10 nitrogen and oxygen atoms in total. The second-order valence-corrected chi connectivity index (χ2v) is 10.3. The zero-order valence-electron chi connectivity index (χ0n) is 18.6. The molecular formula is C23H20FN5O5S. The monoisotopic (exact) mass is 497 g/mol. The van der Waals surface area contributed by atoms with Crippen molar-refractivity contribution in [3.63, 3.8) is 0 Å². The Morgan fingerprint density at radius 3 is 2.43 bits per heavy atom. The fourth-order valence-electron chi connectivity index (χ4n) is 3.19. The third-order valence-corrected chi connectivity index (χ3v) is 7.22. The van der Waals surface area contributed by atoms with Crippen LogP contribution in [0.4, 0.5) is 14.9 Å². The summed E-state index contributed by atoms with van der Waals surface area (Å²) in [7, 11) is -3.45. The van der Waals surface area contributed by atoms with E-state index in [-0.39, 0.29) is 39.2 Å². The van der Waals surface area contributed by atoms with Gasteiger partial charge in [0.25, 0.3) is 5.88 Å². The second-order valence-electron chi connectivity index (χ2n) is 7.76. The van der Waals surface area contributed by atoms with Gasteiger partial charge in [-0.05, 0) is 44.2 Å². The Balaban J connectivity index is 1.76. The molecule has 0 aliphatic heterocycles. The summed E-state index contributed by atoms with van der Waals surface area (Å²) in [5, 5.41) is 3.30. The third kappa shape index (κ3) is 4.82. The van der Waals surface area contributed by atoms with Crippen LogP contribution in [0.3, 0.4) is 0 Å². The van der Waals surface area contributed by atoms with Crippen LogP contribution in [-0.2, 0) is 9.84 Å². The minimum absolute atomic E-state index is 0.0187. The van der Waals surface area contributed by atoms with Crippen LogP contribution in [0.25, 0.3) is 34.0 Å². The lowest BCUT2D eigenvalue weighted by Crippen LogP contribution is -2.17. The average molecular weight is 498 g/mol. The lowest BCUT2D eigenvalue weighted by atomic mass is 10.1. The number of amides is 1. The van der Waals surface area contributed by atoms with Crippen LogP contribution in [0, 0.1) is 5.82 Å².